The molecule has 5 aliphatic heterocycles. The molecule has 4 aromatic rings. The quantitative estimate of drug-likeness (QED) is 0.229. The zero-order chi connectivity index (χ0) is 31.5. The lowest BCUT2D eigenvalue weighted by Gasteiger charge is -2.40. The van der Waals surface area contributed by atoms with Crippen LogP contribution in [0.5, 0.6) is 46.0 Å². The molecule has 4 aromatic carbocycles. The number of ether oxygens (including phenoxy) is 5. The third kappa shape index (κ3) is 4.69. The van der Waals surface area contributed by atoms with E-state index in [0.29, 0.717) is 65.4 Å². The summed E-state index contributed by atoms with van der Waals surface area (Å²) in [5.41, 5.74) is 6.70. The molecular formula is C37H37N3O6. The van der Waals surface area contributed by atoms with E-state index < -0.39 is 0 Å². The fraction of sp³-hybridized carbons (Fsp3) is 0.324. The van der Waals surface area contributed by atoms with Gasteiger partial charge in [-0.25, -0.2) is 4.79 Å². The maximum absolute atomic E-state index is 13.3. The molecule has 0 fully saturated rings. The zero-order valence-corrected chi connectivity index (χ0v) is 26.5. The predicted octanol–water partition coefficient (Wildman–Crippen LogP) is 6.96. The highest BCUT2D eigenvalue weighted by Crippen LogP contribution is 2.56. The molecule has 0 saturated heterocycles. The maximum Gasteiger partial charge on any atom is 0.317 e. The topological polar surface area (TPSA) is 81.7 Å². The van der Waals surface area contributed by atoms with E-state index in [1.165, 1.54) is 11.1 Å². The monoisotopic (exact) mass is 619 g/mol. The smallest absolute Gasteiger partial charge is 0.317 e. The number of amides is 2. The molecule has 0 aliphatic carbocycles. The second-order valence-corrected chi connectivity index (χ2v) is 12.4. The number of rotatable bonds is 2. The lowest BCUT2D eigenvalue weighted by Crippen LogP contribution is -2.45. The minimum absolute atomic E-state index is 0.120. The molecule has 7 bridgehead atoms. The minimum atomic E-state index is -0.299. The van der Waals surface area contributed by atoms with E-state index in [9.17, 15) is 4.79 Å². The standard InChI is InChI=1S/C37H37N3O6/c1-38-37(41)40-14-12-24-19-33(43-4)35-36-34(24)28(40)15-21-5-8-25(9-6-21)44-30-17-22(7-10-29(30)42-3)16-27-26-20-32(46-36)31(45-35)18-23(26)11-13-39(27)2/h5-10,17-20,27-28H,11-16H2,1-4H3,(H,38,41)/t27-,28-/m0/s1. The van der Waals surface area contributed by atoms with Gasteiger partial charge in [-0.2, -0.15) is 0 Å². The molecule has 5 heterocycles. The van der Waals surface area contributed by atoms with Gasteiger partial charge in [0.15, 0.2) is 34.5 Å². The highest BCUT2D eigenvalue weighted by atomic mass is 16.6. The molecule has 0 spiro atoms. The van der Waals surface area contributed by atoms with Crippen LogP contribution in [0, 0.1) is 0 Å². The highest BCUT2D eigenvalue weighted by Gasteiger charge is 2.39. The summed E-state index contributed by atoms with van der Waals surface area (Å²) in [6.45, 7) is 1.49. The van der Waals surface area contributed by atoms with Gasteiger partial charge in [-0.05, 0) is 103 Å². The number of fused-ring (bicyclic) bond motifs is 2. The van der Waals surface area contributed by atoms with Crippen molar-refractivity contribution in [3.05, 3.63) is 94.0 Å². The Morgan fingerprint density at radius 1 is 0.761 bits per heavy atom. The molecule has 46 heavy (non-hydrogen) atoms. The third-order valence-electron chi connectivity index (χ3n) is 9.84. The number of hydrogen-bond acceptors (Lipinski definition) is 7. The van der Waals surface area contributed by atoms with Gasteiger partial charge in [0.25, 0.3) is 0 Å². The first-order chi connectivity index (χ1) is 22.4. The van der Waals surface area contributed by atoms with Crippen molar-refractivity contribution < 1.29 is 28.5 Å². The molecule has 0 unspecified atom stereocenters. The summed E-state index contributed by atoms with van der Waals surface area (Å²) < 4.78 is 31.5. The van der Waals surface area contributed by atoms with Crippen molar-refractivity contribution >= 4 is 6.03 Å². The van der Waals surface area contributed by atoms with Crippen molar-refractivity contribution in [2.24, 2.45) is 0 Å². The normalized spacial score (nSPS) is 19.3. The van der Waals surface area contributed by atoms with Crippen molar-refractivity contribution in [2.45, 2.75) is 37.8 Å². The van der Waals surface area contributed by atoms with Crippen molar-refractivity contribution in [3.63, 3.8) is 0 Å². The van der Waals surface area contributed by atoms with Crippen LogP contribution in [-0.4, -0.2) is 57.2 Å². The summed E-state index contributed by atoms with van der Waals surface area (Å²) in [7, 11) is 7.16. The average molecular weight is 620 g/mol. The molecule has 236 valence electrons. The Hall–Kier alpha value is -4.89. The fourth-order valence-corrected chi connectivity index (χ4v) is 7.43. The van der Waals surface area contributed by atoms with Crippen LogP contribution in [0.25, 0.3) is 0 Å². The number of nitrogens with zero attached hydrogens (tertiary/aromatic N) is 2. The van der Waals surface area contributed by atoms with Crippen molar-refractivity contribution in [1.82, 2.24) is 15.1 Å². The van der Waals surface area contributed by atoms with Crippen LogP contribution in [0.2, 0.25) is 0 Å². The van der Waals surface area contributed by atoms with Crippen LogP contribution in [0.3, 0.4) is 0 Å². The third-order valence-corrected chi connectivity index (χ3v) is 9.84. The SMILES string of the molecule is CNC(=O)N1CCc2cc(OC)c3c4c2[C@@H]1Cc1ccc(cc1)Oc1cc(ccc1OC)C[C@H]1c2cc(c(cc2CCN1C)O3)O4. The van der Waals surface area contributed by atoms with Gasteiger partial charge in [0, 0.05) is 31.7 Å². The fourth-order valence-electron chi connectivity index (χ4n) is 7.43. The van der Waals surface area contributed by atoms with Crippen molar-refractivity contribution in [2.75, 3.05) is 41.4 Å². The molecule has 5 aliphatic rings. The zero-order valence-electron chi connectivity index (χ0n) is 26.5. The van der Waals surface area contributed by atoms with E-state index >= 15 is 0 Å². The summed E-state index contributed by atoms with van der Waals surface area (Å²) in [5.74, 6) is 5.19. The van der Waals surface area contributed by atoms with Crippen LogP contribution in [0.1, 0.15) is 45.5 Å². The van der Waals surface area contributed by atoms with Gasteiger partial charge in [0.1, 0.15) is 5.75 Å². The van der Waals surface area contributed by atoms with Gasteiger partial charge in [0.05, 0.1) is 20.3 Å². The Kier molecular flexibility index (Phi) is 6.94. The van der Waals surface area contributed by atoms with Gasteiger partial charge >= 0.3 is 6.03 Å². The Labute approximate surface area is 268 Å². The Bertz CT molecular complexity index is 1860. The number of hydrogen-bond donors (Lipinski definition) is 1. The van der Waals surface area contributed by atoms with E-state index in [-0.39, 0.29) is 18.1 Å². The minimum Gasteiger partial charge on any atom is -0.493 e. The first-order valence-electron chi connectivity index (χ1n) is 15.8. The van der Waals surface area contributed by atoms with Gasteiger partial charge in [-0.15, -0.1) is 0 Å². The van der Waals surface area contributed by atoms with Crippen LogP contribution in [-0.2, 0) is 25.7 Å². The average Bonchev–Trinajstić information content (AvgIpc) is 3.08. The molecule has 9 heteroatoms. The molecule has 2 atom stereocenters. The highest BCUT2D eigenvalue weighted by molar-refractivity contribution is 5.76. The number of methoxy groups -OCH3 is 2. The second kappa shape index (κ2) is 11.2. The van der Waals surface area contributed by atoms with E-state index in [0.717, 1.165) is 41.6 Å². The Balaban J connectivity index is 1.34. The molecule has 0 aromatic heterocycles. The van der Waals surface area contributed by atoms with Crippen molar-refractivity contribution in [3.8, 4) is 46.0 Å². The first-order valence-corrected chi connectivity index (χ1v) is 15.8. The Morgan fingerprint density at radius 2 is 1.48 bits per heavy atom. The predicted molar refractivity (Wildman–Crippen MR) is 173 cm³/mol. The molecule has 0 saturated carbocycles. The number of nitrogens with one attached hydrogen (secondary N) is 1. The van der Waals surface area contributed by atoms with E-state index in [1.54, 1.807) is 21.3 Å². The van der Waals surface area contributed by atoms with E-state index in [2.05, 4.69) is 53.7 Å². The number of carbonyl (C=O) groups excluding carboxylic acids is 1. The van der Waals surface area contributed by atoms with Gasteiger partial charge < -0.3 is 33.9 Å². The lowest BCUT2D eigenvalue weighted by molar-refractivity contribution is 0.168. The van der Waals surface area contributed by atoms with Crippen molar-refractivity contribution in [1.29, 1.82) is 0 Å². The number of likely N-dealkylation sites (N-methyl/N-ethyl adjacent to an activating group) is 1. The molecule has 9 rings (SSSR count). The summed E-state index contributed by atoms with van der Waals surface area (Å²) in [6, 6.07) is 20.2. The summed E-state index contributed by atoms with van der Waals surface area (Å²) in [5, 5.41) is 2.85. The molecular weight excluding hydrogens is 582 g/mol. The number of benzene rings is 4. The first kappa shape index (κ1) is 28.6. The molecule has 2 amide bonds. The van der Waals surface area contributed by atoms with E-state index in [4.69, 9.17) is 23.7 Å². The lowest BCUT2D eigenvalue weighted by atomic mass is 9.86. The van der Waals surface area contributed by atoms with Crippen LogP contribution in [0.4, 0.5) is 4.79 Å². The number of carbonyl (C=O) groups is 1. The second-order valence-electron chi connectivity index (χ2n) is 12.4. The van der Waals surface area contributed by atoms with E-state index in [1.807, 2.05) is 29.2 Å². The molecule has 9 nitrogen and oxygen atoms in total. The van der Waals surface area contributed by atoms with Gasteiger partial charge in [-0.3, -0.25) is 4.90 Å². The summed E-state index contributed by atoms with van der Waals surface area (Å²) in [4.78, 5) is 17.6. The van der Waals surface area contributed by atoms with Gasteiger partial charge in [-0.1, -0.05) is 18.2 Å². The number of urea groups is 1. The molecule has 1 N–H and O–H groups in total. The summed E-state index contributed by atoms with van der Waals surface area (Å²) >= 11 is 0. The molecule has 0 radical (unpaired) electrons. The largest absolute Gasteiger partial charge is 0.493 e. The Morgan fingerprint density at radius 3 is 2.26 bits per heavy atom. The van der Waals surface area contributed by atoms with Crippen LogP contribution >= 0.6 is 0 Å². The maximum atomic E-state index is 13.3. The van der Waals surface area contributed by atoms with Crippen LogP contribution < -0.4 is 29.0 Å². The van der Waals surface area contributed by atoms with Crippen LogP contribution in [0.15, 0.2) is 60.7 Å². The summed E-state index contributed by atoms with van der Waals surface area (Å²) in [6.07, 6.45) is 2.93. The van der Waals surface area contributed by atoms with Gasteiger partial charge in [0.2, 0.25) is 5.75 Å².